The molecule has 0 radical (unpaired) electrons. The fraction of sp³-hybridized carbons (Fsp3) is 0.692. The molecule has 0 unspecified atom stereocenters. The van der Waals surface area contributed by atoms with E-state index < -0.39 is 6.29 Å². The Morgan fingerprint density at radius 1 is 1.30 bits per heavy atom. The van der Waals surface area contributed by atoms with Gasteiger partial charge in [-0.25, -0.2) is 0 Å². The van der Waals surface area contributed by atoms with Crippen LogP contribution in [0.4, 0.5) is 0 Å². The molecule has 1 aromatic rings. The molecule has 0 spiro atoms. The van der Waals surface area contributed by atoms with E-state index >= 15 is 0 Å². The minimum atomic E-state index is -0.468. The maximum absolute atomic E-state index is 5.85. The van der Waals surface area contributed by atoms with Gasteiger partial charge in [-0.05, 0) is 15.9 Å². The lowest BCUT2D eigenvalue weighted by Gasteiger charge is -2.39. The molecule has 1 fully saturated rings. The molecule has 20 heavy (non-hydrogen) atoms. The topological polar surface area (TPSA) is 59.3 Å². The fourth-order valence-corrected chi connectivity index (χ4v) is 2.57. The summed E-state index contributed by atoms with van der Waals surface area (Å²) in [5.41, 5.74) is 0. The number of furan rings is 1. The smallest absolute Gasteiger partial charge is 0.287 e. The first-order valence-corrected chi connectivity index (χ1v) is 7.08. The third-order valence-corrected chi connectivity index (χ3v) is 3.60. The Morgan fingerprint density at radius 3 is 2.65 bits per heavy atom. The van der Waals surface area contributed by atoms with Crippen LogP contribution in [0, 0.1) is 0 Å². The lowest BCUT2D eigenvalue weighted by atomic mass is 10.0. The van der Waals surface area contributed by atoms with Crippen LogP contribution in [0.2, 0.25) is 0 Å². The van der Waals surface area contributed by atoms with Crippen molar-refractivity contribution in [2.45, 2.75) is 31.0 Å². The van der Waals surface area contributed by atoms with Crippen molar-refractivity contribution in [1.29, 1.82) is 0 Å². The average Bonchev–Trinajstić information content (AvgIpc) is 2.84. The van der Waals surface area contributed by atoms with E-state index in [0.29, 0.717) is 19.0 Å². The molecular formula is C13H19BrO6. The monoisotopic (exact) mass is 350 g/mol. The maximum Gasteiger partial charge on any atom is 0.287 e. The third-order valence-electron chi connectivity index (χ3n) is 3.18. The van der Waals surface area contributed by atoms with Crippen LogP contribution in [-0.2, 0) is 18.9 Å². The van der Waals surface area contributed by atoms with Crippen LogP contribution in [0.3, 0.4) is 0 Å². The summed E-state index contributed by atoms with van der Waals surface area (Å²) in [7, 11) is 4.89. The zero-order valence-electron chi connectivity index (χ0n) is 11.7. The van der Waals surface area contributed by atoms with E-state index in [1.807, 2.05) is 0 Å². The summed E-state index contributed by atoms with van der Waals surface area (Å²) in [6.07, 6.45) is 1.06. The number of ether oxygens (including phenoxy) is 5. The Kier molecular flexibility index (Phi) is 5.86. The normalized spacial score (nSPS) is 30.4. The van der Waals surface area contributed by atoms with Gasteiger partial charge in [0.25, 0.3) is 5.95 Å². The molecule has 0 saturated carbocycles. The van der Waals surface area contributed by atoms with Crippen LogP contribution in [0.5, 0.6) is 5.95 Å². The largest absolute Gasteiger partial charge is 0.435 e. The van der Waals surface area contributed by atoms with Gasteiger partial charge in [0, 0.05) is 33.8 Å². The van der Waals surface area contributed by atoms with Gasteiger partial charge in [0.1, 0.15) is 18.5 Å². The van der Waals surface area contributed by atoms with Gasteiger partial charge in [0.05, 0.1) is 17.2 Å². The van der Waals surface area contributed by atoms with Crippen molar-refractivity contribution in [3.05, 3.63) is 16.8 Å². The molecule has 0 amide bonds. The van der Waals surface area contributed by atoms with Crippen molar-refractivity contribution in [3.63, 3.8) is 0 Å². The summed E-state index contributed by atoms with van der Waals surface area (Å²) in [5, 5.41) is 0. The molecule has 2 rings (SSSR count). The van der Waals surface area contributed by atoms with Crippen molar-refractivity contribution < 1.29 is 28.1 Å². The minimum Gasteiger partial charge on any atom is -0.435 e. The molecule has 0 N–H and O–H groups in total. The van der Waals surface area contributed by atoms with E-state index in [-0.39, 0.29) is 18.3 Å². The van der Waals surface area contributed by atoms with Crippen LogP contribution in [0.1, 0.15) is 6.42 Å². The van der Waals surface area contributed by atoms with Crippen molar-refractivity contribution in [2.75, 3.05) is 27.9 Å². The molecule has 0 bridgehead atoms. The summed E-state index contributed by atoms with van der Waals surface area (Å²) in [4.78, 5) is 0. The zero-order chi connectivity index (χ0) is 14.5. The molecule has 4 atom stereocenters. The van der Waals surface area contributed by atoms with Crippen LogP contribution < -0.4 is 4.74 Å². The van der Waals surface area contributed by atoms with Gasteiger partial charge in [0.15, 0.2) is 0 Å². The predicted molar refractivity (Wildman–Crippen MR) is 73.8 cm³/mol. The second-order valence-corrected chi connectivity index (χ2v) is 5.39. The number of methoxy groups -OCH3 is 3. The van der Waals surface area contributed by atoms with Crippen LogP contribution >= 0.6 is 15.9 Å². The molecule has 1 aliphatic heterocycles. The van der Waals surface area contributed by atoms with Crippen LogP contribution in [0.15, 0.2) is 21.2 Å². The number of hydrogen-bond donors (Lipinski definition) is 0. The Morgan fingerprint density at radius 2 is 2.10 bits per heavy atom. The highest BCUT2D eigenvalue weighted by Crippen LogP contribution is 2.28. The van der Waals surface area contributed by atoms with Crippen molar-refractivity contribution in [2.24, 2.45) is 0 Å². The number of hydrogen-bond acceptors (Lipinski definition) is 6. The van der Waals surface area contributed by atoms with E-state index in [4.69, 9.17) is 28.1 Å². The third kappa shape index (κ3) is 3.73. The molecule has 1 saturated heterocycles. The summed E-state index contributed by atoms with van der Waals surface area (Å²) < 4.78 is 33.6. The quantitative estimate of drug-likeness (QED) is 0.783. The summed E-state index contributed by atoms with van der Waals surface area (Å²) in [6.45, 7) is 0.403. The van der Waals surface area contributed by atoms with Crippen molar-refractivity contribution in [1.82, 2.24) is 0 Å². The molecule has 7 heteroatoms. The van der Waals surface area contributed by atoms with Crippen LogP contribution in [-0.4, -0.2) is 52.5 Å². The van der Waals surface area contributed by atoms with Gasteiger partial charge < -0.3 is 28.1 Å². The lowest BCUT2D eigenvalue weighted by Crippen LogP contribution is -2.53. The Balaban J connectivity index is 2.03. The number of rotatable bonds is 6. The second-order valence-electron chi connectivity index (χ2n) is 4.47. The SMILES string of the molecule is COC[C@H]1O[C@@H](Oc2cc(Br)co2)C[C@@H](OC)[C@@H]1OC. The molecule has 114 valence electrons. The fourth-order valence-electron chi connectivity index (χ4n) is 2.29. The van der Waals surface area contributed by atoms with Gasteiger partial charge in [0.2, 0.25) is 6.29 Å². The first-order valence-electron chi connectivity index (χ1n) is 6.28. The predicted octanol–water partition coefficient (Wildman–Crippen LogP) is 2.21. The van der Waals surface area contributed by atoms with E-state index in [9.17, 15) is 0 Å². The van der Waals surface area contributed by atoms with E-state index in [1.54, 1.807) is 33.7 Å². The highest BCUT2D eigenvalue weighted by Gasteiger charge is 2.40. The zero-order valence-corrected chi connectivity index (χ0v) is 13.3. The van der Waals surface area contributed by atoms with Gasteiger partial charge in [-0.1, -0.05) is 0 Å². The first-order chi connectivity index (χ1) is 9.67. The highest BCUT2D eigenvalue weighted by atomic mass is 79.9. The number of halogens is 1. The highest BCUT2D eigenvalue weighted by molar-refractivity contribution is 9.10. The Labute approximate surface area is 126 Å². The van der Waals surface area contributed by atoms with Crippen LogP contribution in [0.25, 0.3) is 0 Å². The van der Waals surface area contributed by atoms with Gasteiger partial charge in [-0.15, -0.1) is 0 Å². The summed E-state index contributed by atoms with van der Waals surface area (Å²) in [5.74, 6) is 0.392. The Bertz CT molecular complexity index is 409. The van der Waals surface area contributed by atoms with E-state index in [0.717, 1.165) is 4.47 Å². The average molecular weight is 351 g/mol. The van der Waals surface area contributed by atoms with Gasteiger partial charge in [-0.3, -0.25) is 0 Å². The molecule has 6 nitrogen and oxygen atoms in total. The molecule has 1 aliphatic rings. The molecule has 0 aromatic carbocycles. The van der Waals surface area contributed by atoms with E-state index in [1.165, 1.54) is 0 Å². The molecular weight excluding hydrogens is 332 g/mol. The first kappa shape index (κ1) is 15.8. The minimum absolute atomic E-state index is 0.127. The molecule has 0 aliphatic carbocycles. The van der Waals surface area contributed by atoms with Gasteiger partial charge in [-0.2, -0.15) is 0 Å². The Hall–Kier alpha value is -0.600. The standard InChI is InChI=1S/C13H19BrO6/c1-15-7-10-13(17-3)9(16-2)5-12(19-10)20-11-4-8(14)6-18-11/h4,6,9-10,12-13H,5,7H2,1-3H3/t9-,10-,12+,13+/m1/s1. The second kappa shape index (κ2) is 7.42. The maximum atomic E-state index is 5.85. The molecule has 1 aromatic heterocycles. The van der Waals surface area contributed by atoms with Crippen molar-refractivity contribution in [3.8, 4) is 5.95 Å². The lowest BCUT2D eigenvalue weighted by molar-refractivity contribution is -0.245. The summed E-state index contributed by atoms with van der Waals surface area (Å²) >= 11 is 3.30. The summed E-state index contributed by atoms with van der Waals surface area (Å²) in [6, 6.07) is 1.74. The molecule has 2 heterocycles. The van der Waals surface area contributed by atoms with E-state index in [2.05, 4.69) is 15.9 Å². The van der Waals surface area contributed by atoms with Crippen molar-refractivity contribution >= 4 is 15.9 Å². The van der Waals surface area contributed by atoms with Gasteiger partial charge >= 0.3 is 0 Å².